The number of benzene rings is 1. The van der Waals surface area contributed by atoms with Crippen molar-refractivity contribution in [3.63, 3.8) is 0 Å². The Balaban J connectivity index is 1.60. The Morgan fingerprint density at radius 3 is 2.64 bits per heavy atom. The van der Waals surface area contributed by atoms with Gasteiger partial charge in [0.25, 0.3) is 0 Å². The molecule has 28 heavy (non-hydrogen) atoms. The summed E-state index contributed by atoms with van der Waals surface area (Å²) < 4.78 is 0. The molecule has 0 spiro atoms. The van der Waals surface area contributed by atoms with Crippen LogP contribution in [0.25, 0.3) is 10.9 Å². The second-order valence-electron chi connectivity index (χ2n) is 7.20. The third-order valence-corrected chi connectivity index (χ3v) is 5.72. The minimum absolute atomic E-state index is 0.715. The van der Waals surface area contributed by atoms with E-state index in [1.54, 1.807) is 11.8 Å². The van der Waals surface area contributed by atoms with E-state index in [4.69, 9.17) is 9.97 Å². The van der Waals surface area contributed by atoms with Crippen LogP contribution in [0.2, 0.25) is 0 Å². The molecule has 0 aliphatic carbocycles. The van der Waals surface area contributed by atoms with Gasteiger partial charge in [-0.1, -0.05) is 30.0 Å². The van der Waals surface area contributed by atoms with Crippen LogP contribution in [0, 0.1) is 0 Å². The van der Waals surface area contributed by atoms with Gasteiger partial charge in [-0.3, -0.25) is 4.98 Å². The molecule has 0 saturated carbocycles. The van der Waals surface area contributed by atoms with Crippen molar-refractivity contribution in [3.8, 4) is 0 Å². The fourth-order valence-electron chi connectivity index (χ4n) is 3.55. The van der Waals surface area contributed by atoms with Gasteiger partial charge in [0.2, 0.25) is 0 Å². The van der Waals surface area contributed by atoms with E-state index < -0.39 is 0 Å². The Morgan fingerprint density at radius 1 is 1.07 bits per heavy atom. The molecule has 3 aromatic rings. The summed E-state index contributed by atoms with van der Waals surface area (Å²) >= 11 is 1.60. The number of fused-ring (bicyclic) bond motifs is 1. The molecular weight excluding hydrogens is 368 g/mol. The molecule has 1 aromatic carbocycles. The van der Waals surface area contributed by atoms with Gasteiger partial charge in [0.05, 0.1) is 23.4 Å². The quantitative estimate of drug-likeness (QED) is 0.487. The van der Waals surface area contributed by atoms with Crippen LogP contribution >= 0.6 is 11.8 Å². The van der Waals surface area contributed by atoms with Crippen LogP contribution in [0.4, 0.5) is 11.5 Å². The number of anilines is 2. The molecule has 0 atom stereocenters. The van der Waals surface area contributed by atoms with Crippen molar-refractivity contribution >= 4 is 34.2 Å². The fraction of sp³-hybridized carbons (Fsp3) is 0.381. The summed E-state index contributed by atoms with van der Waals surface area (Å²) in [6.07, 6.45) is 3.88. The molecule has 1 saturated heterocycles. The highest BCUT2D eigenvalue weighted by molar-refractivity contribution is 7.98. The summed E-state index contributed by atoms with van der Waals surface area (Å²) in [5, 5.41) is 1.98. The maximum absolute atomic E-state index is 4.76. The van der Waals surface area contributed by atoms with E-state index in [0.29, 0.717) is 6.54 Å². The van der Waals surface area contributed by atoms with E-state index in [1.165, 1.54) is 0 Å². The molecule has 1 aliphatic rings. The summed E-state index contributed by atoms with van der Waals surface area (Å²) in [7, 11) is 4.27. The molecule has 0 radical (unpaired) electrons. The highest BCUT2D eigenvalue weighted by atomic mass is 32.2. The number of hydrogen-bond donors (Lipinski definition) is 0. The van der Waals surface area contributed by atoms with Crippen molar-refractivity contribution in [2.24, 2.45) is 0 Å². The SMILES string of the molecule is CSc1nc(CN(C)c2cccc3cccnc23)cc(N2CCN(C)CC2)n1. The smallest absolute Gasteiger partial charge is 0.189 e. The zero-order valence-electron chi connectivity index (χ0n) is 16.7. The van der Waals surface area contributed by atoms with Crippen LogP contribution in [0.1, 0.15) is 5.69 Å². The summed E-state index contributed by atoms with van der Waals surface area (Å²) in [6.45, 7) is 4.85. The predicted octanol–water partition coefficient (Wildman–Crippen LogP) is 3.13. The number of likely N-dealkylation sites (N-methyl/N-ethyl adjacent to an activating group) is 1. The topological polar surface area (TPSA) is 48.4 Å². The molecule has 4 rings (SSSR count). The second kappa shape index (κ2) is 8.32. The number of pyridine rings is 1. The summed E-state index contributed by atoms with van der Waals surface area (Å²) in [4.78, 5) is 21.0. The number of para-hydroxylation sites is 1. The lowest BCUT2D eigenvalue weighted by atomic mass is 10.1. The normalized spacial score (nSPS) is 15.2. The molecular formula is C21H26N6S. The lowest BCUT2D eigenvalue weighted by molar-refractivity contribution is 0.311. The van der Waals surface area contributed by atoms with Gasteiger partial charge in [0.1, 0.15) is 5.82 Å². The van der Waals surface area contributed by atoms with Crippen molar-refractivity contribution in [2.45, 2.75) is 11.7 Å². The van der Waals surface area contributed by atoms with E-state index in [-0.39, 0.29) is 0 Å². The van der Waals surface area contributed by atoms with Crippen LogP contribution in [-0.4, -0.2) is 66.4 Å². The predicted molar refractivity (Wildman–Crippen MR) is 117 cm³/mol. The van der Waals surface area contributed by atoms with E-state index >= 15 is 0 Å². The van der Waals surface area contributed by atoms with Crippen LogP contribution in [0.3, 0.4) is 0 Å². The minimum Gasteiger partial charge on any atom is -0.367 e. The molecule has 2 aromatic heterocycles. The average Bonchev–Trinajstić information content (AvgIpc) is 2.73. The summed E-state index contributed by atoms with van der Waals surface area (Å²) in [6, 6.07) is 12.5. The van der Waals surface area contributed by atoms with Crippen LogP contribution in [-0.2, 0) is 6.54 Å². The maximum Gasteiger partial charge on any atom is 0.189 e. The van der Waals surface area contributed by atoms with Gasteiger partial charge in [0.15, 0.2) is 5.16 Å². The molecule has 0 unspecified atom stereocenters. The zero-order valence-corrected chi connectivity index (χ0v) is 17.5. The van der Waals surface area contributed by atoms with Crippen molar-refractivity contribution < 1.29 is 0 Å². The van der Waals surface area contributed by atoms with Crippen LogP contribution in [0.15, 0.2) is 47.8 Å². The van der Waals surface area contributed by atoms with Gasteiger partial charge >= 0.3 is 0 Å². The molecule has 6 nitrogen and oxygen atoms in total. The van der Waals surface area contributed by atoms with Crippen molar-refractivity contribution in [1.29, 1.82) is 0 Å². The van der Waals surface area contributed by atoms with Gasteiger partial charge in [-0.2, -0.15) is 0 Å². The van der Waals surface area contributed by atoms with Crippen LogP contribution in [0.5, 0.6) is 0 Å². The van der Waals surface area contributed by atoms with E-state index in [9.17, 15) is 0 Å². The maximum atomic E-state index is 4.76. The van der Waals surface area contributed by atoms with E-state index in [1.807, 2.05) is 18.5 Å². The minimum atomic E-state index is 0.715. The molecule has 146 valence electrons. The van der Waals surface area contributed by atoms with Gasteiger partial charge in [0, 0.05) is 50.9 Å². The number of hydrogen-bond acceptors (Lipinski definition) is 7. The van der Waals surface area contributed by atoms with Crippen molar-refractivity contribution in [2.75, 3.05) is 56.3 Å². The van der Waals surface area contributed by atoms with Gasteiger partial charge in [-0.15, -0.1) is 0 Å². The first-order valence-corrected chi connectivity index (χ1v) is 10.8. The number of nitrogens with zero attached hydrogens (tertiary/aromatic N) is 6. The highest BCUT2D eigenvalue weighted by Gasteiger charge is 2.18. The summed E-state index contributed by atoms with van der Waals surface area (Å²) in [5.74, 6) is 1.03. The van der Waals surface area contributed by atoms with Crippen molar-refractivity contribution in [3.05, 3.63) is 48.3 Å². The molecule has 7 heteroatoms. The highest BCUT2D eigenvalue weighted by Crippen LogP contribution is 2.26. The number of aromatic nitrogens is 3. The summed E-state index contributed by atoms with van der Waals surface area (Å²) in [5.41, 5.74) is 3.17. The Kier molecular flexibility index (Phi) is 5.64. The first kappa shape index (κ1) is 19.0. The standard InChI is InChI=1S/C21H26N6S/c1-25-10-12-27(13-11-25)19-14-17(23-21(24-19)28-3)15-26(2)18-8-4-6-16-7-5-9-22-20(16)18/h4-9,14H,10-13,15H2,1-3H3. The number of rotatable bonds is 5. The number of thioether (sulfide) groups is 1. The third-order valence-electron chi connectivity index (χ3n) is 5.18. The lowest BCUT2D eigenvalue weighted by Crippen LogP contribution is -2.45. The Labute approximate surface area is 170 Å². The van der Waals surface area contributed by atoms with Crippen molar-refractivity contribution in [1.82, 2.24) is 19.9 Å². The zero-order chi connectivity index (χ0) is 19.5. The largest absolute Gasteiger partial charge is 0.367 e. The first-order chi connectivity index (χ1) is 13.6. The van der Waals surface area contributed by atoms with E-state index in [0.717, 1.165) is 59.4 Å². The van der Waals surface area contributed by atoms with Crippen LogP contribution < -0.4 is 9.80 Å². The molecule has 0 N–H and O–H groups in total. The second-order valence-corrected chi connectivity index (χ2v) is 7.98. The fourth-order valence-corrected chi connectivity index (χ4v) is 3.95. The molecule has 1 aliphatic heterocycles. The molecule has 0 bridgehead atoms. The van der Waals surface area contributed by atoms with E-state index in [2.05, 4.69) is 64.1 Å². The third kappa shape index (κ3) is 4.05. The number of piperazine rings is 1. The molecule has 3 heterocycles. The Bertz CT molecular complexity index is 949. The first-order valence-electron chi connectivity index (χ1n) is 9.54. The Hall–Kier alpha value is -2.38. The van der Waals surface area contributed by atoms with Gasteiger partial charge in [-0.25, -0.2) is 9.97 Å². The average molecular weight is 395 g/mol. The van der Waals surface area contributed by atoms with Gasteiger partial charge in [-0.05, 0) is 25.4 Å². The van der Waals surface area contributed by atoms with Gasteiger partial charge < -0.3 is 14.7 Å². The molecule has 0 amide bonds. The monoisotopic (exact) mass is 394 g/mol. The Morgan fingerprint density at radius 2 is 1.86 bits per heavy atom. The molecule has 1 fully saturated rings. The lowest BCUT2D eigenvalue weighted by Gasteiger charge is -2.33.